The van der Waals surface area contributed by atoms with E-state index in [0.717, 1.165) is 11.4 Å². The minimum Gasteiger partial charge on any atom is -0.368 e. The van der Waals surface area contributed by atoms with Crippen molar-refractivity contribution in [3.8, 4) is 0 Å². The quantitative estimate of drug-likeness (QED) is 0.488. The Hall–Kier alpha value is -3.00. The lowest BCUT2D eigenvalue weighted by atomic mass is 10.1. The lowest BCUT2D eigenvalue weighted by molar-refractivity contribution is 1.22. The predicted octanol–water partition coefficient (Wildman–Crippen LogP) is 5.47. The van der Waals surface area contributed by atoms with Crippen LogP contribution in [0.1, 0.15) is 0 Å². The summed E-state index contributed by atoms with van der Waals surface area (Å²) < 4.78 is 0. The number of hydrogen-bond acceptors (Lipinski definition) is 2. The first-order valence-electron chi connectivity index (χ1n) is 7.84. The molecule has 0 saturated carbocycles. The second kappa shape index (κ2) is 6.01. The molecule has 0 fully saturated rings. The van der Waals surface area contributed by atoms with E-state index in [9.17, 15) is 0 Å². The largest absolute Gasteiger partial charge is 0.368 e. The average molecular weight is 298 g/mol. The van der Waals surface area contributed by atoms with Crippen molar-refractivity contribution >= 4 is 32.9 Å². The summed E-state index contributed by atoms with van der Waals surface area (Å²) in [5.74, 6) is 0. The van der Waals surface area contributed by atoms with Gasteiger partial charge in [-0.15, -0.1) is 0 Å². The molecule has 0 aliphatic rings. The van der Waals surface area contributed by atoms with E-state index < -0.39 is 0 Å². The van der Waals surface area contributed by atoms with Gasteiger partial charge in [0.25, 0.3) is 0 Å². The van der Waals surface area contributed by atoms with Crippen LogP contribution in [0.3, 0.4) is 0 Å². The van der Waals surface area contributed by atoms with Crippen molar-refractivity contribution in [2.24, 2.45) is 0 Å². The predicted molar refractivity (Wildman–Crippen MR) is 100 cm³/mol. The zero-order valence-corrected chi connectivity index (χ0v) is 12.8. The van der Waals surface area contributed by atoms with Crippen LogP contribution in [0, 0.1) is 0 Å². The summed E-state index contributed by atoms with van der Waals surface area (Å²) in [6.07, 6.45) is 0. The van der Waals surface area contributed by atoms with E-state index in [2.05, 4.69) is 95.6 Å². The fourth-order valence-corrected chi connectivity index (χ4v) is 2.85. The first-order valence-corrected chi connectivity index (χ1v) is 7.84. The fourth-order valence-electron chi connectivity index (χ4n) is 2.85. The Morgan fingerprint density at radius 1 is 0.478 bits per heavy atom. The first kappa shape index (κ1) is 13.6. The third kappa shape index (κ3) is 2.97. The Balaban J connectivity index is 1.45. The normalized spacial score (nSPS) is 10.8. The van der Waals surface area contributed by atoms with Gasteiger partial charge in [0.05, 0.1) is 6.67 Å². The highest BCUT2D eigenvalue weighted by Gasteiger charge is 1.97. The van der Waals surface area contributed by atoms with Gasteiger partial charge in [0.1, 0.15) is 0 Å². The summed E-state index contributed by atoms with van der Waals surface area (Å²) >= 11 is 0. The van der Waals surface area contributed by atoms with Gasteiger partial charge < -0.3 is 10.6 Å². The highest BCUT2D eigenvalue weighted by Crippen LogP contribution is 2.20. The molecule has 0 bridgehead atoms. The van der Waals surface area contributed by atoms with E-state index in [4.69, 9.17) is 0 Å². The van der Waals surface area contributed by atoms with Crippen LogP contribution >= 0.6 is 0 Å². The molecule has 4 aromatic rings. The summed E-state index contributed by atoms with van der Waals surface area (Å²) in [7, 11) is 0. The Morgan fingerprint density at radius 3 is 1.39 bits per heavy atom. The molecule has 23 heavy (non-hydrogen) atoms. The number of anilines is 2. The van der Waals surface area contributed by atoms with Gasteiger partial charge >= 0.3 is 0 Å². The van der Waals surface area contributed by atoms with Crippen molar-refractivity contribution in [2.75, 3.05) is 17.3 Å². The standard InChI is InChI=1S/C21H18N2/c1-3-7-18-13-20(11-9-16(18)5-1)22-15-23-21-12-10-17-6-2-4-8-19(17)14-21/h1-14,22-23H,15H2. The van der Waals surface area contributed by atoms with Crippen LogP contribution in [0.15, 0.2) is 84.9 Å². The summed E-state index contributed by atoms with van der Waals surface area (Å²) in [5.41, 5.74) is 2.24. The second-order valence-corrected chi connectivity index (χ2v) is 5.65. The van der Waals surface area contributed by atoms with Gasteiger partial charge in [-0.25, -0.2) is 0 Å². The molecule has 0 spiro atoms. The molecule has 0 aromatic heterocycles. The van der Waals surface area contributed by atoms with Crippen molar-refractivity contribution in [1.29, 1.82) is 0 Å². The lowest BCUT2D eigenvalue weighted by Crippen LogP contribution is -2.11. The minimum absolute atomic E-state index is 0.691. The Bertz CT molecular complexity index is 880. The Morgan fingerprint density at radius 2 is 0.913 bits per heavy atom. The van der Waals surface area contributed by atoms with Crippen LogP contribution in [0.25, 0.3) is 21.5 Å². The van der Waals surface area contributed by atoms with Gasteiger partial charge in [0, 0.05) is 11.4 Å². The van der Waals surface area contributed by atoms with Crippen LogP contribution in [-0.2, 0) is 0 Å². The van der Waals surface area contributed by atoms with Gasteiger partial charge in [-0.3, -0.25) is 0 Å². The first-order chi connectivity index (χ1) is 11.4. The summed E-state index contributed by atoms with van der Waals surface area (Å²) in [6.45, 7) is 0.691. The van der Waals surface area contributed by atoms with Crippen LogP contribution in [0.2, 0.25) is 0 Å². The SMILES string of the molecule is c1ccc2cc(NCNc3ccc4ccccc4c3)ccc2c1. The smallest absolute Gasteiger partial charge is 0.0849 e. The van der Waals surface area contributed by atoms with Gasteiger partial charge in [-0.1, -0.05) is 60.7 Å². The molecular formula is C21H18N2. The molecule has 0 aliphatic heterocycles. The molecule has 0 radical (unpaired) electrons. The van der Waals surface area contributed by atoms with E-state index in [-0.39, 0.29) is 0 Å². The van der Waals surface area contributed by atoms with Crippen molar-refractivity contribution in [3.05, 3.63) is 84.9 Å². The highest BCUT2D eigenvalue weighted by atomic mass is 15.1. The molecule has 2 heteroatoms. The van der Waals surface area contributed by atoms with E-state index in [1.165, 1.54) is 21.5 Å². The van der Waals surface area contributed by atoms with E-state index in [0.29, 0.717) is 6.67 Å². The van der Waals surface area contributed by atoms with Crippen molar-refractivity contribution < 1.29 is 0 Å². The number of rotatable bonds is 4. The third-order valence-electron chi connectivity index (χ3n) is 4.08. The number of nitrogens with one attached hydrogen (secondary N) is 2. The van der Waals surface area contributed by atoms with Crippen molar-refractivity contribution in [3.63, 3.8) is 0 Å². The molecule has 0 aliphatic carbocycles. The molecular weight excluding hydrogens is 280 g/mol. The number of benzene rings is 4. The van der Waals surface area contributed by atoms with Gasteiger partial charge in [0.15, 0.2) is 0 Å². The zero-order chi connectivity index (χ0) is 15.5. The monoisotopic (exact) mass is 298 g/mol. The van der Waals surface area contributed by atoms with Crippen LogP contribution < -0.4 is 10.6 Å². The van der Waals surface area contributed by atoms with Crippen molar-refractivity contribution in [1.82, 2.24) is 0 Å². The van der Waals surface area contributed by atoms with Gasteiger partial charge in [-0.05, 0) is 45.8 Å². The molecule has 2 N–H and O–H groups in total. The lowest BCUT2D eigenvalue weighted by Gasteiger charge is -2.11. The number of fused-ring (bicyclic) bond motifs is 2. The molecule has 112 valence electrons. The van der Waals surface area contributed by atoms with Gasteiger partial charge in [-0.2, -0.15) is 0 Å². The maximum Gasteiger partial charge on any atom is 0.0849 e. The van der Waals surface area contributed by atoms with Crippen molar-refractivity contribution in [2.45, 2.75) is 0 Å². The van der Waals surface area contributed by atoms with E-state index in [1.54, 1.807) is 0 Å². The Kier molecular flexibility index (Phi) is 3.57. The molecule has 4 rings (SSSR count). The molecule has 0 unspecified atom stereocenters. The second-order valence-electron chi connectivity index (χ2n) is 5.65. The van der Waals surface area contributed by atoms with Crippen LogP contribution in [-0.4, -0.2) is 6.67 Å². The van der Waals surface area contributed by atoms with E-state index in [1.807, 2.05) is 0 Å². The molecule has 2 nitrogen and oxygen atoms in total. The molecule has 0 atom stereocenters. The fraction of sp³-hybridized carbons (Fsp3) is 0.0476. The van der Waals surface area contributed by atoms with E-state index >= 15 is 0 Å². The maximum absolute atomic E-state index is 3.42. The Labute approximate surface area is 135 Å². The number of hydrogen-bond donors (Lipinski definition) is 2. The summed E-state index contributed by atoms with van der Waals surface area (Å²) in [5, 5.41) is 11.9. The molecule has 0 amide bonds. The molecule has 4 aromatic carbocycles. The summed E-state index contributed by atoms with van der Waals surface area (Å²) in [6, 6.07) is 29.7. The third-order valence-corrected chi connectivity index (χ3v) is 4.08. The maximum atomic E-state index is 3.42. The molecule has 0 heterocycles. The minimum atomic E-state index is 0.691. The molecule has 0 saturated heterocycles. The average Bonchev–Trinajstić information content (AvgIpc) is 2.61. The zero-order valence-electron chi connectivity index (χ0n) is 12.8. The topological polar surface area (TPSA) is 24.1 Å². The highest BCUT2D eigenvalue weighted by molar-refractivity contribution is 5.86. The van der Waals surface area contributed by atoms with Crippen LogP contribution in [0.4, 0.5) is 11.4 Å². The van der Waals surface area contributed by atoms with Crippen LogP contribution in [0.5, 0.6) is 0 Å². The van der Waals surface area contributed by atoms with Gasteiger partial charge in [0.2, 0.25) is 0 Å². The summed E-state index contributed by atoms with van der Waals surface area (Å²) in [4.78, 5) is 0.